The smallest absolute Gasteiger partial charge is 0.258 e. The summed E-state index contributed by atoms with van der Waals surface area (Å²) in [4.78, 5) is 16.8. The molecule has 1 aliphatic heterocycles. The summed E-state index contributed by atoms with van der Waals surface area (Å²) >= 11 is 0. The molecule has 152 valence electrons. The number of rotatable bonds is 8. The van der Waals surface area contributed by atoms with Crippen molar-refractivity contribution in [2.45, 2.75) is 12.8 Å². The fourth-order valence-corrected chi connectivity index (χ4v) is 3.38. The number of carbonyl (C=O) groups excluding carboxylic acids is 1. The Balaban J connectivity index is 1.63. The summed E-state index contributed by atoms with van der Waals surface area (Å²) < 4.78 is 19.0. The fraction of sp³-hybridized carbons (Fsp3) is 0.292. The first-order chi connectivity index (χ1) is 14.1. The summed E-state index contributed by atoms with van der Waals surface area (Å²) in [5, 5.41) is 0. The molecule has 2 aromatic rings. The van der Waals surface area contributed by atoms with Gasteiger partial charge in [0, 0.05) is 30.9 Å². The highest BCUT2D eigenvalue weighted by Gasteiger charge is 2.24. The van der Waals surface area contributed by atoms with Crippen molar-refractivity contribution in [2.75, 3.05) is 38.2 Å². The molecular weight excluding hydrogens is 367 g/mol. The van der Waals surface area contributed by atoms with E-state index in [4.69, 9.17) is 4.74 Å². The number of likely N-dealkylation sites (N-methyl/N-ethyl adjacent to an activating group) is 1. The number of hydrogen-bond acceptors (Lipinski definition) is 3. The molecule has 4 nitrogen and oxygen atoms in total. The lowest BCUT2D eigenvalue weighted by molar-refractivity contribution is 0.0985. The van der Waals surface area contributed by atoms with Crippen LogP contribution in [0.5, 0.6) is 5.75 Å². The third kappa shape index (κ3) is 5.55. The van der Waals surface area contributed by atoms with Crippen LogP contribution >= 0.6 is 0 Å². The number of benzene rings is 2. The minimum absolute atomic E-state index is 0.105. The van der Waals surface area contributed by atoms with Crippen LogP contribution in [0, 0.1) is 5.82 Å². The van der Waals surface area contributed by atoms with E-state index in [1.807, 2.05) is 37.4 Å². The zero-order chi connectivity index (χ0) is 20.6. The van der Waals surface area contributed by atoms with Crippen molar-refractivity contribution in [1.29, 1.82) is 0 Å². The normalized spacial score (nSPS) is 13.6. The highest BCUT2D eigenvalue weighted by Crippen LogP contribution is 2.31. The van der Waals surface area contributed by atoms with E-state index in [1.165, 1.54) is 24.3 Å². The van der Waals surface area contributed by atoms with Gasteiger partial charge in [-0.15, -0.1) is 6.58 Å². The van der Waals surface area contributed by atoms with Crippen molar-refractivity contribution < 1.29 is 13.9 Å². The molecule has 1 amide bonds. The first-order valence-corrected chi connectivity index (χ1v) is 9.86. The van der Waals surface area contributed by atoms with Crippen molar-refractivity contribution in [3.63, 3.8) is 0 Å². The lowest BCUT2D eigenvalue weighted by Crippen LogP contribution is -2.35. The molecule has 2 aromatic carbocycles. The monoisotopic (exact) mass is 394 g/mol. The molecule has 0 unspecified atom stereocenters. The van der Waals surface area contributed by atoms with Crippen LogP contribution in [-0.4, -0.2) is 44.1 Å². The highest BCUT2D eigenvalue weighted by molar-refractivity contribution is 6.06. The Bertz CT molecular complexity index is 877. The summed E-state index contributed by atoms with van der Waals surface area (Å²) in [6.07, 6.45) is 7.75. The van der Waals surface area contributed by atoms with Crippen molar-refractivity contribution in [3.8, 4) is 5.75 Å². The van der Waals surface area contributed by atoms with Crippen LogP contribution in [0.25, 0.3) is 0 Å². The summed E-state index contributed by atoms with van der Waals surface area (Å²) in [6, 6.07) is 11.5. The largest absolute Gasteiger partial charge is 0.490 e. The average Bonchev–Trinajstić information content (AvgIpc) is 2.73. The molecule has 0 aromatic heterocycles. The first-order valence-electron chi connectivity index (χ1n) is 9.86. The molecule has 0 fully saturated rings. The van der Waals surface area contributed by atoms with E-state index in [1.54, 1.807) is 4.90 Å². The summed E-state index contributed by atoms with van der Waals surface area (Å²) in [5.41, 5.74) is 2.49. The van der Waals surface area contributed by atoms with Crippen LogP contribution in [0.15, 0.2) is 67.3 Å². The van der Waals surface area contributed by atoms with E-state index in [0.717, 1.165) is 42.9 Å². The molecule has 3 rings (SSSR count). The Morgan fingerprint density at radius 1 is 1.21 bits per heavy atom. The second-order valence-electron chi connectivity index (χ2n) is 7.15. The molecule has 0 saturated carbocycles. The van der Waals surface area contributed by atoms with Gasteiger partial charge in [-0.25, -0.2) is 4.39 Å². The number of anilines is 1. The van der Waals surface area contributed by atoms with Gasteiger partial charge in [0.15, 0.2) is 0 Å². The number of amides is 1. The van der Waals surface area contributed by atoms with Gasteiger partial charge in [-0.05, 0) is 67.9 Å². The van der Waals surface area contributed by atoms with Gasteiger partial charge in [0.1, 0.15) is 18.2 Å². The molecule has 0 spiro atoms. The Hall–Kier alpha value is -2.92. The second kappa shape index (κ2) is 10.0. The number of halogens is 1. The van der Waals surface area contributed by atoms with Gasteiger partial charge < -0.3 is 9.64 Å². The predicted molar refractivity (Wildman–Crippen MR) is 115 cm³/mol. The van der Waals surface area contributed by atoms with Crippen molar-refractivity contribution in [3.05, 3.63) is 84.2 Å². The van der Waals surface area contributed by atoms with Crippen LogP contribution in [0.3, 0.4) is 0 Å². The molecule has 1 aliphatic rings. The van der Waals surface area contributed by atoms with Gasteiger partial charge >= 0.3 is 0 Å². The summed E-state index contributed by atoms with van der Waals surface area (Å²) in [7, 11) is 2.04. The molecule has 0 atom stereocenters. The fourth-order valence-electron chi connectivity index (χ4n) is 3.38. The van der Waals surface area contributed by atoms with E-state index in [0.29, 0.717) is 18.7 Å². The van der Waals surface area contributed by atoms with Gasteiger partial charge in [-0.3, -0.25) is 9.69 Å². The van der Waals surface area contributed by atoms with Gasteiger partial charge in [-0.2, -0.15) is 0 Å². The summed E-state index contributed by atoms with van der Waals surface area (Å²) in [5.74, 6) is 0.346. The maximum Gasteiger partial charge on any atom is 0.258 e. The van der Waals surface area contributed by atoms with E-state index < -0.39 is 0 Å². The zero-order valence-electron chi connectivity index (χ0n) is 16.8. The topological polar surface area (TPSA) is 32.8 Å². The third-order valence-corrected chi connectivity index (χ3v) is 4.88. The Kier molecular flexibility index (Phi) is 7.19. The van der Waals surface area contributed by atoms with Gasteiger partial charge in [0.05, 0.1) is 0 Å². The van der Waals surface area contributed by atoms with E-state index in [9.17, 15) is 9.18 Å². The molecule has 29 heavy (non-hydrogen) atoms. The van der Waals surface area contributed by atoms with Crippen LogP contribution in [0.1, 0.15) is 22.3 Å². The Morgan fingerprint density at radius 2 is 2.00 bits per heavy atom. The number of fused-ring (bicyclic) bond motifs is 1. The van der Waals surface area contributed by atoms with E-state index in [2.05, 4.69) is 17.6 Å². The molecule has 0 saturated heterocycles. The molecule has 0 bridgehead atoms. The van der Waals surface area contributed by atoms with E-state index >= 15 is 0 Å². The minimum atomic E-state index is -0.344. The van der Waals surface area contributed by atoms with Gasteiger partial charge in [0.2, 0.25) is 0 Å². The standard InChI is InChI=1S/C24H27FN2O2/c1-3-14-26(2)15-4-5-17-29-22-12-13-23-20(18-22)7-6-16-27(23)24(28)19-8-10-21(25)11-9-19/h3-5,8-13,18H,1,6-7,14-17H2,2H3. The number of aryl methyl sites for hydroxylation is 1. The zero-order valence-corrected chi connectivity index (χ0v) is 16.8. The maximum absolute atomic E-state index is 13.1. The number of ether oxygens (including phenoxy) is 1. The lowest BCUT2D eigenvalue weighted by Gasteiger charge is -2.30. The van der Waals surface area contributed by atoms with Gasteiger partial charge in [-0.1, -0.05) is 18.2 Å². The minimum Gasteiger partial charge on any atom is -0.490 e. The quantitative estimate of drug-likeness (QED) is 0.619. The van der Waals surface area contributed by atoms with Crippen molar-refractivity contribution in [1.82, 2.24) is 4.90 Å². The van der Waals surface area contributed by atoms with Crippen LogP contribution in [0.4, 0.5) is 10.1 Å². The molecule has 1 heterocycles. The molecule has 0 aliphatic carbocycles. The first kappa shape index (κ1) is 20.8. The Labute approximate surface area is 171 Å². The molecule has 0 N–H and O–H groups in total. The summed E-state index contributed by atoms with van der Waals surface area (Å²) in [6.45, 7) is 6.58. The molecular formula is C24H27FN2O2. The Morgan fingerprint density at radius 3 is 2.76 bits per heavy atom. The van der Waals surface area contributed by atoms with E-state index in [-0.39, 0.29) is 11.7 Å². The third-order valence-electron chi connectivity index (χ3n) is 4.88. The van der Waals surface area contributed by atoms with Crippen LogP contribution in [-0.2, 0) is 6.42 Å². The van der Waals surface area contributed by atoms with Crippen LogP contribution < -0.4 is 9.64 Å². The number of nitrogens with zero attached hydrogens (tertiary/aromatic N) is 2. The van der Waals surface area contributed by atoms with Crippen molar-refractivity contribution >= 4 is 11.6 Å². The average molecular weight is 394 g/mol. The van der Waals surface area contributed by atoms with Gasteiger partial charge in [0.25, 0.3) is 5.91 Å². The lowest BCUT2D eigenvalue weighted by atomic mass is 10.0. The maximum atomic E-state index is 13.1. The predicted octanol–water partition coefficient (Wildman–Crippen LogP) is 4.47. The molecule has 5 heteroatoms. The second-order valence-corrected chi connectivity index (χ2v) is 7.15. The number of carbonyl (C=O) groups is 1. The molecule has 0 radical (unpaired) electrons. The number of hydrogen-bond donors (Lipinski definition) is 0. The van der Waals surface area contributed by atoms with Crippen LogP contribution in [0.2, 0.25) is 0 Å². The highest BCUT2D eigenvalue weighted by atomic mass is 19.1. The van der Waals surface area contributed by atoms with Crippen molar-refractivity contribution in [2.24, 2.45) is 0 Å². The SMILES string of the molecule is C=CCN(C)CC=CCOc1ccc2c(c1)CCCN2C(=O)c1ccc(F)cc1.